The van der Waals surface area contributed by atoms with E-state index in [2.05, 4.69) is 26.6 Å². The Morgan fingerprint density at radius 2 is 1.95 bits per heavy atom. The summed E-state index contributed by atoms with van der Waals surface area (Å²) in [4.78, 5) is 43.0. The highest BCUT2D eigenvalue weighted by Crippen LogP contribution is 2.61. The minimum atomic E-state index is -1.24. The second-order valence-corrected chi connectivity index (χ2v) is 11.8. The molecule has 8 nitrogen and oxygen atoms in total. The first-order chi connectivity index (χ1) is 18.2. The van der Waals surface area contributed by atoms with Gasteiger partial charge >= 0.3 is 0 Å². The van der Waals surface area contributed by atoms with Gasteiger partial charge in [-0.2, -0.15) is 0 Å². The smallest absolute Gasteiger partial charge is 0.250 e. The quantitative estimate of drug-likeness (QED) is 0.399. The number of ether oxygens (including phenoxy) is 1. The first-order valence-corrected chi connectivity index (χ1v) is 14.2. The Balaban J connectivity index is 1.61. The van der Waals surface area contributed by atoms with Crippen LogP contribution in [0, 0.1) is 18.8 Å². The molecule has 5 rings (SSSR count). The topological polar surface area (TPSA) is 108 Å². The maximum Gasteiger partial charge on any atom is 0.250 e. The molecule has 2 aromatic rings. The van der Waals surface area contributed by atoms with Crippen LogP contribution in [-0.4, -0.2) is 63.5 Å². The van der Waals surface area contributed by atoms with Crippen molar-refractivity contribution in [3.8, 4) is 0 Å². The second-order valence-electron chi connectivity index (χ2n) is 10.2. The number of para-hydroxylation sites is 1. The molecular weight excluding hydrogens is 574 g/mol. The first kappa shape index (κ1) is 27.1. The number of benzene rings is 2. The van der Waals surface area contributed by atoms with Crippen LogP contribution in [0.3, 0.4) is 0 Å². The van der Waals surface area contributed by atoms with Crippen molar-refractivity contribution in [3.05, 3.63) is 64.7 Å². The van der Waals surface area contributed by atoms with E-state index in [1.54, 1.807) is 12.1 Å². The molecule has 3 aliphatic rings. The van der Waals surface area contributed by atoms with Gasteiger partial charge in [0.2, 0.25) is 17.7 Å². The molecule has 3 aliphatic heterocycles. The van der Waals surface area contributed by atoms with Gasteiger partial charge < -0.3 is 25.4 Å². The Kier molecular flexibility index (Phi) is 7.57. The van der Waals surface area contributed by atoms with E-state index in [0.29, 0.717) is 29.2 Å². The number of aryl methyl sites for hydroxylation is 1. The maximum absolute atomic E-state index is 14.3. The Hall–Kier alpha value is -2.46. The number of nitrogens with one attached hydrogen (secondary N) is 2. The molecule has 0 aromatic heterocycles. The van der Waals surface area contributed by atoms with Crippen molar-refractivity contribution in [2.45, 2.75) is 55.3 Å². The van der Waals surface area contributed by atoms with Gasteiger partial charge in [0.15, 0.2) is 0 Å². The van der Waals surface area contributed by atoms with Gasteiger partial charge in [0.25, 0.3) is 0 Å². The van der Waals surface area contributed by atoms with Crippen LogP contribution in [0.25, 0.3) is 0 Å². The number of aliphatic hydroxyl groups excluding tert-OH is 1. The molecule has 3 amide bonds. The molecule has 1 spiro atoms. The van der Waals surface area contributed by atoms with Gasteiger partial charge in [0, 0.05) is 11.4 Å². The zero-order chi connectivity index (χ0) is 27.2. The minimum Gasteiger partial charge on any atom is -0.394 e. The summed E-state index contributed by atoms with van der Waals surface area (Å²) < 4.78 is 6.53. The summed E-state index contributed by atoms with van der Waals surface area (Å²) in [5.41, 5.74) is 0.658. The van der Waals surface area contributed by atoms with Gasteiger partial charge in [0.05, 0.1) is 41.3 Å². The number of carbonyl (C=O) groups excluding carboxylic acids is 3. The van der Waals surface area contributed by atoms with Crippen LogP contribution in [0.1, 0.15) is 36.9 Å². The molecule has 2 aromatic carbocycles. The largest absolute Gasteiger partial charge is 0.394 e. The summed E-state index contributed by atoms with van der Waals surface area (Å²) in [5, 5.41) is 16.8. The number of carbonyl (C=O) groups is 3. The van der Waals surface area contributed by atoms with Crippen molar-refractivity contribution in [2.75, 3.05) is 18.5 Å². The van der Waals surface area contributed by atoms with E-state index in [4.69, 9.17) is 16.3 Å². The Morgan fingerprint density at radius 3 is 2.61 bits per heavy atom. The van der Waals surface area contributed by atoms with Crippen molar-refractivity contribution >= 4 is 50.9 Å². The fraction of sp³-hybridized carbons (Fsp3) is 0.464. The fourth-order valence-corrected chi connectivity index (χ4v) is 7.59. The number of alkyl halides is 1. The lowest BCUT2D eigenvalue weighted by atomic mass is 9.70. The van der Waals surface area contributed by atoms with Gasteiger partial charge in [-0.3, -0.25) is 14.4 Å². The van der Waals surface area contributed by atoms with Gasteiger partial charge in [0.1, 0.15) is 11.6 Å². The molecule has 2 bridgehead atoms. The molecule has 3 N–H and O–H groups in total. The van der Waals surface area contributed by atoms with E-state index in [1.807, 2.05) is 50.2 Å². The Labute approximate surface area is 235 Å². The average Bonchev–Trinajstić information content (AvgIpc) is 3.49. The van der Waals surface area contributed by atoms with E-state index < -0.39 is 48.1 Å². The van der Waals surface area contributed by atoms with Crippen LogP contribution < -0.4 is 10.6 Å². The molecule has 3 fully saturated rings. The number of likely N-dealkylation sites (tertiary alicyclic amines) is 1. The molecule has 10 heteroatoms. The highest BCUT2D eigenvalue weighted by molar-refractivity contribution is 9.09. The zero-order valence-electron chi connectivity index (χ0n) is 21.2. The standard InChI is InChI=1S/C28H31BrClN3O5/c1-3-12-31-25(35)20-21-27(37)33(19(14-34)16-9-5-4-6-10-16)24(28(21)13-17(29)23(20)38-28)26(36)32-22-15(2)8-7-11-18(22)30/h4-11,17,19-21,23-24,34H,3,12-14H2,1-2H3,(H,31,35)(H,32,36)/t17?,19-,20+,21+,23+,24?,28?/m1/s1. The molecule has 0 saturated carbocycles. The molecule has 202 valence electrons. The number of fused-ring (bicyclic) bond motifs is 1. The summed E-state index contributed by atoms with van der Waals surface area (Å²) in [5.74, 6) is -2.73. The molecule has 0 aliphatic carbocycles. The van der Waals surface area contributed by atoms with E-state index in [9.17, 15) is 19.5 Å². The van der Waals surface area contributed by atoms with Crippen LogP contribution in [0.2, 0.25) is 5.02 Å². The monoisotopic (exact) mass is 603 g/mol. The molecule has 3 unspecified atom stereocenters. The first-order valence-electron chi connectivity index (χ1n) is 12.9. The van der Waals surface area contributed by atoms with Crippen molar-refractivity contribution in [1.82, 2.24) is 10.2 Å². The molecule has 0 radical (unpaired) electrons. The summed E-state index contributed by atoms with van der Waals surface area (Å²) in [6.45, 7) is 3.87. The van der Waals surface area contributed by atoms with Crippen LogP contribution in [-0.2, 0) is 19.1 Å². The van der Waals surface area contributed by atoms with Gasteiger partial charge in [-0.1, -0.05) is 76.9 Å². The molecule has 7 atom stereocenters. The van der Waals surface area contributed by atoms with E-state index in [0.717, 1.165) is 12.0 Å². The normalized spacial score (nSPS) is 30.3. The van der Waals surface area contributed by atoms with Crippen molar-refractivity contribution in [2.24, 2.45) is 11.8 Å². The van der Waals surface area contributed by atoms with Gasteiger partial charge in [-0.15, -0.1) is 0 Å². The number of hydrogen-bond acceptors (Lipinski definition) is 5. The number of amides is 3. The van der Waals surface area contributed by atoms with E-state index >= 15 is 0 Å². The lowest BCUT2D eigenvalue weighted by Gasteiger charge is -2.37. The third-order valence-electron chi connectivity index (χ3n) is 7.99. The number of rotatable bonds is 8. The summed E-state index contributed by atoms with van der Waals surface area (Å²) in [6, 6.07) is 12.5. The van der Waals surface area contributed by atoms with Crippen molar-refractivity contribution in [1.29, 1.82) is 0 Å². The van der Waals surface area contributed by atoms with Crippen molar-refractivity contribution in [3.63, 3.8) is 0 Å². The molecule has 3 saturated heterocycles. The van der Waals surface area contributed by atoms with Crippen LogP contribution >= 0.6 is 27.5 Å². The SMILES string of the molecule is CCCNC(=O)[C@H]1[C@H]2C(=O)N([C@H](CO)c3ccccc3)C(C(=O)Nc3c(C)cccc3Cl)C23CC(Br)[C@@H]1O3. The van der Waals surface area contributed by atoms with Gasteiger partial charge in [-0.05, 0) is 37.0 Å². The third-order valence-corrected chi connectivity index (χ3v) is 9.15. The molecular formula is C28H31BrClN3O5. The predicted molar refractivity (Wildman–Crippen MR) is 147 cm³/mol. The van der Waals surface area contributed by atoms with E-state index in [-0.39, 0.29) is 16.6 Å². The van der Waals surface area contributed by atoms with E-state index in [1.165, 1.54) is 4.90 Å². The third kappa shape index (κ3) is 4.24. The van der Waals surface area contributed by atoms with Crippen molar-refractivity contribution < 1.29 is 24.2 Å². The summed E-state index contributed by atoms with van der Waals surface area (Å²) in [6.07, 6.45) is 0.569. The van der Waals surface area contributed by atoms with Crippen LogP contribution in [0.5, 0.6) is 0 Å². The Morgan fingerprint density at radius 1 is 1.21 bits per heavy atom. The maximum atomic E-state index is 14.3. The average molecular weight is 605 g/mol. The lowest BCUT2D eigenvalue weighted by molar-refractivity contribution is -0.144. The Bertz CT molecular complexity index is 1230. The fourth-order valence-electron chi connectivity index (χ4n) is 6.38. The number of nitrogens with zero attached hydrogens (tertiary/aromatic N) is 1. The second kappa shape index (κ2) is 10.6. The molecule has 38 heavy (non-hydrogen) atoms. The summed E-state index contributed by atoms with van der Waals surface area (Å²) in [7, 11) is 0. The summed E-state index contributed by atoms with van der Waals surface area (Å²) >= 11 is 10.1. The number of anilines is 1. The highest BCUT2D eigenvalue weighted by Gasteiger charge is 2.77. The number of hydrogen-bond donors (Lipinski definition) is 3. The minimum absolute atomic E-state index is 0.217. The lowest BCUT2D eigenvalue weighted by Crippen LogP contribution is -2.55. The van der Waals surface area contributed by atoms with Crippen LogP contribution in [0.4, 0.5) is 5.69 Å². The number of aliphatic hydroxyl groups is 1. The van der Waals surface area contributed by atoms with Gasteiger partial charge in [-0.25, -0.2) is 0 Å². The highest BCUT2D eigenvalue weighted by atomic mass is 79.9. The molecule has 3 heterocycles. The zero-order valence-corrected chi connectivity index (χ0v) is 23.5. The number of halogens is 2. The van der Waals surface area contributed by atoms with Crippen LogP contribution in [0.15, 0.2) is 48.5 Å². The predicted octanol–water partition coefficient (Wildman–Crippen LogP) is 3.59.